The van der Waals surface area contributed by atoms with E-state index in [2.05, 4.69) is 10.0 Å². The van der Waals surface area contributed by atoms with Crippen molar-refractivity contribution in [1.29, 1.82) is 0 Å². The molecular formula is C12H18N2O4S. The molecule has 1 rings (SSSR count). The lowest BCUT2D eigenvalue weighted by atomic mass is 10.2. The average molecular weight is 286 g/mol. The molecule has 0 heterocycles. The third-order valence-corrected chi connectivity index (χ3v) is 4.15. The predicted octanol–water partition coefficient (Wildman–Crippen LogP) is 1.32. The first-order valence-corrected chi connectivity index (χ1v) is 7.35. The van der Waals surface area contributed by atoms with Crippen LogP contribution < -0.4 is 10.0 Å². The maximum Gasteiger partial charge on any atom is 0.404 e. The molecule has 3 N–H and O–H groups in total. The molecule has 1 unspecified atom stereocenters. The van der Waals surface area contributed by atoms with Crippen LogP contribution >= 0.6 is 0 Å². The molecule has 0 saturated carbocycles. The second kappa shape index (κ2) is 6.53. The Morgan fingerprint density at radius 1 is 1.32 bits per heavy atom. The van der Waals surface area contributed by atoms with E-state index < -0.39 is 16.1 Å². The molecule has 1 aromatic rings. The van der Waals surface area contributed by atoms with Crippen molar-refractivity contribution in [1.82, 2.24) is 10.0 Å². The minimum Gasteiger partial charge on any atom is -0.465 e. The van der Waals surface area contributed by atoms with Gasteiger partial charge in [-0.25, -0.2) is 17.9 Å². The molecule has 106 valence electrons. The summed E-state index contributed by atoms with van der Waals surface area (Å²) >= 11 is 0. The molecular weight excluding hydrogens is 268 g/mol. The molecule has 0 bridgehead atoms. The van der Waals surface area contributed by atoms with Gasteiger partial charge in [-0.2, -0.15) is 0 Å². The summed E-state index contributed by atoms with van der Waals surface area (Å²) in [5.74, 6) is 0. The van der Waals surface area contributed by atoms with Gasteiger partial charge in [-0.1, -0.05) is 17.7 Å². The zero-order valence-electron chi connectivity index (χ0n) is 10.9. The summed E-state index contributed by atoms with van der Waals surface area (Å²) < 4.78 is 26.5. The van der Waals surface area contributed by atoms with Gasteiger partial charge in [0.1, 0.15) is 0 Å². The highest BCUT2D eigenvalue weighted by Crippen LogP contribution is 2.10. The summed E-state index contributed by atoms with van der Waals surface area (Å²) in [7, 11) is -3.55. The minimum absolute atomic E-state index is 0.201. The van der Waals surface area contributed by atoms with Gasteiger partial charge < -0.3 is 10.4 Å². The van der Waals surface area contributed by atoms with Gasteiger partial charge in [-0.3, -0.25) is 0 Å². The first-order chi connectivity index (χ1) is 8.81. The van der Waals surface area contributed by atoms with E-state index in [9.17, 15) is 13.2 Å². The van der Waals surface area contributed by atoms with Gasteiger partial charge in [0.25, 0.3) is 0 Å². The molecule has 0 saturated heterocycles. The van der Waals surface area contributed by atoms with Gasteiger partial charge in [0, 0.05) is 12.6 Å². The van der Waals surface area contributed by atoms with E-state index in [1.165, 1.54) is 0 Å². The molecule has 7 heteroatoms. The highest BCUT2D eigenvalue weighted by molar-refractivity contribution is 7.89. The van der Waals surface area contributed by atoms with Crippen LogP contribution in [0.25, 0.3) is 0 Å². The van der Waals surface area contributed by atoms with Crippen molar-refractivity contribution >= 4 is 16.1 Å². The van der Waals surface area contributed by atoms with Crippen molar-refractivity contribution in [3.05, 3.63) is 29.8 Å². The molecule has 0 spiro atoms. The zero-order valence-corrected chi connectivity index (χ0v) is 11.7. The Labute approximate surface area is 112 Å². The number of rotatable bonds is 6. The van der Waals surface area contributed by atoms with E-state index in [4.69, 9.17) is 5.11 Å². The predicted molar refractivity (Wildman–Crippen MR) is 71.6 cm³/mol. The Balaban J connectivity index is 2.59. The first kappa shape index (κ1) is 15.5. The summed E-state index contributed by atoms with van der Waals surface area (Å²) in [6, 6.07) is 6.19. The van der Waals surface area contributed by atoms with Crippen LogP contribution in [0.5, 0.6) is 0 Å². The summed E-state index contributed by atoms with van der Waals surface area (Å²) in [5, 5.41) is 10.6. The fraction of sp³-hybridized carbons (Fsp3) is 0.417. The number of carboxylic acid groups (broad SMARTS) is 1. The van der Waals surface area contributed by atoms with Crippen LogP contribution in [-0.4, -0.2) is 32.2 Å². The molecule has 0 radical (unpaired) electrons. The van der Waals surface area contributed by atoms with E-state index in [1.807, 2.05) is 6.92 Å². The summed E-state index contributed by atoms with van der Waals surface area (Å²) in [6.07, 6.45) is -0.731. The van der Waals surface area contributed by atoms with Crippen molar-refractivity contribution in [3.63, 3.8) is 0 Å². The number of sulfonamides is 1. The number of aryl methyl sites for hydroxylation is 1. The monoisotopic (exact) mass is 286 g/mol. The second-order valence-corrected chi connectivity index (χ2v) is 6.07. The third kappa shape index (κ3) is 5.27. The van der Waals surface area contributed by atoms with E-state index in [1.54, 1.807) is 31.2 Å². The van der Waals surface area contributed by atoms with Crippen molar-refractivity contribution in [2.75, 3.05) is 6.54 Å². The van der Waals surface area contributed by atoms with Crippen molar-refractivity contribution in [2.24, 2.45) is 0 Å². The quantitative estimate of drug-likeness (QED) is 0.735. The van der Waals surface area contributed by atoms with Crippen molar-refractivity contribution in [2.45, 2.75) is 31.2 Å². The summed E-state index contributed by atoms with van der Waals surface area (Å²) in [6.45, 7) is 3.77. The van der Waals surface area contributed by atoms with Gasteiger partial charge in [0.05, 0.1) is 4.90 Å². The Kier molecular flexibility index (Phi) is 5.31. The fourth-order valence-corrected chi connectivity index (χ4v) is 2.78. The number of benzene rings is 1. The van der Waals surface area contributed by atoms with Gasteiger partial charge in [0.2, 0.25) is 10.0 Å². The molecule has 1 aromatic carbocycles. The van der Waals surface area contributed by atoms with Crippen LogP contribution in [-0.2, 0) is 10.0 Å². The second-order valence-electron chi connectivity index (χ2n) is 4.36. The standard InChI is InChI=1S/C12H18N2O4S/c1-9-3-5-11(6-4-9)19(17,18)14-10(2)7-8-13-12(15)16/h3-6,10,13-14H,7-8H2,1-2H3,(H,15,16). The van der Waals surface area contributed by atoms with E-state index >= 15 is 0 Å². The number of amides is 1. The lowest BCUT2D eigenvalue weighted by molar-refractivity contribution is 0.194. The Hall–Kier alpha value is -1.60. The van der Waals surface area contributed by atoms with Crippen LogP contribution in [0.3, 0.4) is 0 Å². The van der Waals surface area contributed by atoms with E-state index in [0.29, 0.717) is 6.42 Å². The van der Waals surface area contributed by atoms with Crippen LogP contribution in [0.15, 0.2) is 29.2 Å². The molecule has 6 nitrogen and oxygen atoms in total. The van der Waals surface area contributed by atoms with Gasteiger partial charge in [0.15, 0.2) is 0 Å². The topological polar surface area (TPSA) is 95.5 Å². The highest BCUT2D eigenvalue weighted by atomic mass is 32.2. The number of hydrogen-bond acceptors (Lipinski definition) is 3. The number of nitrogens with one attached hydrogen (secondary N) is 2. The third-order valence-electron chi connectivity index (χ3n) is 2.54. The molecule has 0 aromatic heterocycles. The van der Waals surface area contributed by atoms with Gasteiger partial charge >= 0.3 is 6.09 Å². The van der Waals surface area contributed by atoms with Gasteiger partial charge in [-0.15, -0.1) is 0 Å². The largest absolute Gasteiger partial charge is 0.465 e. The SMILES string of the molecule is Cc1ccc(S(=O)(=O)NC(C)CCNC(=O)O)cc1. The van der Waals surface area contributed by atoms with Crippen LogP contribution in [0.4, 0.5) is 4.79 Å². The lowest BCUT2D eigenvalue weighted by Gasteiger charge is -2.14. The lowest BCUT2D eigenvalue weighted by Crippen LogP contribution is -2.35. The first-order valence-electron chi connectivity index (χ1n) is 5.87. The fourth-order valence-electron chi connectivity index (χ4n) is 1.50. The Morgan fingerprint density at radius 3 is 2.42 bits per heavy atom. The average Bonchev–Trinajstić information content (AvgIpc) is 2.28. The minimum atomic E-state index is -3.55. The summed E-state index contributed by atoms with van der Waals surface area (Å²) in [4.78, 5) is 10.5. The van der Waals surface area contributed by atoms with Crippen LogP contribution in [0.2, 0.25) is 0 Å². The molecule has 1 amide bonds. The highest BCUT2D eigenvalue weighted by Gasteiger charge is 2.16. The Morgan fingerprint density at radius 2 is 1.89 bits per heavy atom. The van der Waals surface area contributed by atoms with E-state index in [-0.39, 0.29) is 17.5 Å². The van der Waals surface area contributed by atoms with E-state index in [0.717, 1.165) is 5.56 Å². The molecule has 0 aliphatic rings. The molecule has 19 heavy (non-hydrogen) atoms. The summed E-state index contributed by atoms with van der Waals surface area (Å²) in [5.41, 5.74) is 0.984. The van der Waals surface area contributed by atoms with Crippen molar-refractivity contribution in [3.8, 4) is 0 Å². The molecule has 0 aliphatic heterocycles. The number of hydrogen-bond donors (Lipinski definition) is 3. The van der Waals surface area contributed by atoms with Crippen LogP contribution in [0, 0.1) is 6.92 Å². The van der Waals surface area contributed by atoms with Gasteiger partial charge in [-0.05, 0) is 32.4 Å². The zero-order chi connectivity index (χ0) is 14.5. The smallest absolute Gasteiger partial charge is 0.404 e. The molecule has 1 atom stereocenters. The number of carbonyl (C=O) groups is 1. The molecule has 0 aliphatic carbocycles. The van der Waals surface area contributed by atoms with Crippen LogP contribution in [0.1, 0.15) is 18.9 Å². The maximum absolute atomic E-state index is 12.0. The molecule has 0 fully saturated rings. The normalized spacial score (nSPS) is 12.9. The maximum atomic E-state index is 12.0. The Bertz CT molecular complexity index is 525. The van der Waals surface area contributed by atoms with Crippen molar-refractivity contribution < 1.29 is 18.3 Å².